The zero-order chi connectivity index (χ0) is 15.9. The van der Waals surface area contributed by atoms with Crippen molar-refractivity contribution < 1.29 is 9.53 Å². The number of nitrogens with zero attached hydrogens (tertiary/aromatic N) is 1. The smallest absolute Gasteiger partial charge is 0.226 e. The zero-order valence-corrected chi connectivity index (χ0v) is 13.6. The number of ether oxygens (including phenoxy) is 1. The summed E-state index contributed by atoms with van der Waals surface area (Å²) >= 11 is 5.89. The lowest BCUT2D eigenvalue weighted by Gasteiger charge is -2.17. The highest BCUT2D eigenvalue weighted by molar-refractivity contribution is 6.30. The van der Waals surface area contributed by atoms with Gasteiger partial charge in [0.2, 0.25) is 5.91 Å². The number of aryl methyl sites for hydroxylation is 1. The van der Waals surface area contributed by atoms with E-state index in [4.69, 9.17) is 16.3 Å². The number of carbonyl (C=O) groups is 1. The van der Waals surface area contributed by atoms with Gasteiger partial charge in [0.25, 0.3) is 0 Å². The number of likely N-dealkylation sites (N-methyl/N-ethyl adjacent to an activating group) is 1. The number of hydrogen-bond acceptors (Lipinski definition) is 2. The quantitative estimate of drug-likeness (QED) is 0.812. The van der Waals surface area contributed by atoms with E-state index in [9.17, 15) is 4.79 Å². The molecule has 0 aliphatic carbocycles. The third-order valence-electron chi connectivity index (χ3n) is 3.39. The number of carbonyl (C=O) groups excluding carboxylic acids is 1. The van der Waals surface area contributed by atoms with Crippen molar-refractivity contribution in [2.45, 2.75) is 13.3 Å². The molecule has 2 aromatic rings. The predicted molar refractivity (Wildman–Crippen MR) is 89.5 cm³/mol. The lowest BCUT2D eigenvalue weighted by Crippen LogP contribution is -2.32. The Morgan fingerprint density at radius 2 is 1.91 bits per heavy atom. The first kappa shape index (κ1) is 16.4. The highest BCUT2D eigenvalue weighted by atomic mass is 35.5. The molecule has 0 N–H and O–H groups in total. The lowest BCUT2D eigenvalue weighted by atomic mass is 10.1. The van der Waals surface area contributed by atoms with Gasteiger partial charge < -0.3 is 9.64 Å². The summed E-state index contributed by atoms with van der Waals surface area (Å²) in [5.74, 6) is 0.797. The van der Waals surface area contributed by atoms with Crippen LogP contribution in [-0.4, -0.2) is 31.0 Å². The molecule has 2 aromatic carbocycles. The molecule has 22 heavy (non-hydrogen) atoms. The molecule has 0 radical (unpaired) electrons. The second kappa shape index (κ2) is 7.85. The number of rotatable bonds is 6. The van der Waals surface area contributed by atoms with Crippen LogP contribution in [0.3, 0.4) is 0 Å². The summed E-state index contributed by atoms with van der Waals surface area (Å²) in [4.78, 5) is 13.8. The Kier molecular flexibility index (Phi) is 5.84. The minimum absolute atomic E-state index is 0.0820. The Labute approximate surface area is 136 Å². The molecule has 1 amide bonds. The van der Waals surface area contributed by atoms with Crippen molar-refractivity contribution >= 4 is 17.5 Å². The number of amides is 1. The van der Waals surface area contributed by atoms with Crippen LogP contribution in [0.25, 0.3) is 0 Å². The Bertz CT molecular complexity index is 625. The van der Waals surface area contributed by atoms with E-state index in [1.54, 1.807) is 24.1 Å². The van der Waals surface area contributed by atoms with Crippen LogP contribution in [0.2, 0.25) is 5.02 Å². The van der Waals surface area contributed by atoms with E-state index in [1.807, 2.05) is 43.3 Å². The first-order valence-electron chi connectivity index (χ1n) is 7.22. The Hall–Kier alpha value is -2.00. The van der Waals surface area contributed by atoms with Crippen molar-refractivity contribution in [3.05, 3.63) is 64.7 Å². The summed E-state index contributed by atoms with van der Waals surface area (Å²) in [6.07, 6.45) is 0.411. The molecule has 0 saturated heterocycles. The minimum Gasteiger partial charge on any atom is -0.492 e. The summed E-state index contributed by atoms with van der Waals surface area (Å²) in [5.41, 5.74) is 2.22. The maximum Gasteiger partial charge on any atom is 0.226 e. The van der Waals surface area contributed by atoms with Crippen molar-refractivity contribution in [2.75, 3.05) is 20.2 Å². The van der Waals surface area contributed by atoms with Gasteiger partial charge in [-0.1, -0.05) is 47.5 Å². The number of hydrogen-bond donors (Lipinski definition) is 0. The van der Waals surface area contributed by atoms with Gasteiger partial charge in [-0.15, -0.1) is 0 Å². The molecule has 4 heteroatoms. The highest BCUT2D eigenvalue weighted by Gasteiger charge is 2.09. The largest absolute Gasteiger partial charge is 0.492 e. The monoisotopic (exact) mass is 317 g/mol. The summed E-state index contributed by atoms with van der Waals surface area (Å²) in [6.45, 7) is 3.01. The summed E-state index contributed by atoms with van der Waals surface area (Å²) in [5, 5.41) is 0.640. The fourth-order valence-corrected chi connectivity index (χ4v) is 2.18. The van der Waals surface area contributed by atoms with E-state index in [2.05, 4.69) is 0 Å². The number of benzene rings is 2. The maximum absolute atomic E-state index is 12.1. The minimum atomic E-state index is 0.0820. The van der Waals surface area contributed by atoms with Crippen LogP contribution >= 0.6 is 11.6 Å². The second-order valence-electron chi connectivity index (χ2n) is 5.28. The van der Waals surface area contributed by atoms with Crippen LogP contribution in [0, 0.1) is 6.92 Å². The van der Waals surface area contributed by atoms with Crippen molar-refractivity contribution in [3.8, 4) is 5.75 Å². The predicted octanol–water partition coefficient (Wildman–Crippen LogP) is 3.73. The van der Waals surface area contributed by atoms with Crippen molar-refractivity contribution in [1.29, 1.82) is 0 Å². The normalized spacial score (nSPS) is 10.3. The first-order chi connectivity index (χ1) is 10.5. The SMILES string of the molecule is Cc1ccc(CC(=O)N(C)CCOc2cccc(Cl)c2)cc1. The van der Waals surface area contributed by atoms with Crippen LogP contribution in [0.4, 0.5) is 0 Å². The molecule has 3 nitrogen and oxygen atoms in total. The summed E-state index contributed by atoms with van der Waals surface area (Å²) < 4.78 is 5.60. The average Bonchev–Trinajstić information content (AvgIpc) is 2.49. The van der Waals surface area contributed by atoms with Gasteiger partial charge in [0, 0.05) is 12.1 Å². The van der Waals surface area contributed by atoms with Gasteiger partial charge in [-0.2, -0.15) is 0 Å². The van der Waals surface area contributed by atoms with Crippen LogP contribution in [0.1, 0.15) is 11.1 Å². The molecule has 0 spiro atoms. The Morgan fingerprint density at radius 3 is 2.59 bits per heavy atom. The molecule has 2 rings (SSSR count). The molecule has 0 aliphatic heterocycles. The van der Waals surface area contributed by atoms with Gasteiger partial charge in [-0.25, -0.2) is 0 Å². The fraction of sp³-hybridized carbons (Fsp3) is 0.278. The molecule has 0 atom stereocenters. The van der Waals surface area contributed by atoms with Gasteiger partial charge in [-0.05, 0) is 30.7 Å². The van der Waals surface area contributed by atoms with E-state index in [1.165, 1.54) is 5.56 Å². The van der Waals surface area contributed by atoms with Crippen LogP contribution in [0.15, 0.2) is 48.5 Å². The van der Waals surface area contributed by atoms with E-state index in [0.717, 1.165) is 5.56 Å². The average molecular weight is 318 g/mol. The Balaban J connectivity index is 1.77. The summed E-state index contributed by atoms with van der Waals surface area (Å²) in [7, 11) is 1.79. The lowest BCUT2D eigenvalue weighted by molar-refractivity contribution is -0.129. The fourth-order valence-electron chi connectivity index (χ4n) is 2.00. The molecule has 116 valence electrons. The third kappa shape index (κ3) is 5.08. The molecule has 0 aliphatic rings. The highest BCUT2D eigenvalue weighted by Crippen LogP contribution is 2.16. The van der Waals surface area contributed by atoms with Gasteiger partial charge in [-0.3, -0.25) is 4.79 Å². The van der Waals surface area contributed by atoms with E-state index < -0.39 is 0 Å². The van der Waals surface area contributed by atoms with Crippen molar-refractivity contribution in [2.24, 2.45) is 0 Å². The number of halogens is 1. The van der Waals surface area contributed by atoms with Gasteiger partial charge >= 0.3 is 0 Å². The van der Waals surface area contributed by atoms with E-state index in [-0.39, 0.29) is 5.91 Å². The van der Waals surface area contributed by atoms with Crippen molar-refractivity contribution in [1.82, 2.24) is 4.90 Å². The molecular weight excluding hydrogens is 298 g/mol. The maximum atomic E-state index is 12.1. The van der Waals surface area contributed by atoms with E-state index in [0.29, 0.717) is 30.3 Å². The van der Waals surface area contributed by atoms with Gasteiger partial charge in [0.15, 0.2) is 0 Å². The van der Waals surface area contributed by atoms with Gasteiger partial charge in [0.05, 0.1) is 13.0 Å². The summed E-state index contributed by atoms with van der Waals surface area (Å²) in [6, 6.07) is 15.3. The van der Waals surface area contributed by atoms with Crippen LogP contribution < -0.4 is 4.74 Å². The molecule has 0 fully saturated rings. The standard InChI is InChI=1S/C18H20ClNO2/c1-14-6-8-15(9-7-14)12-18(21)20(2)10-11-22-17-5-3-4-16(19)13-17/h3-9,13H,10-12H2,1-2H3. The molecule has 0 aromatic heterocycles. The third-order valence-corrected chi connectivity index (χ3v) is 3.63. The molecule has 0 bridgehead atoms. The molecule has 0 saturated carbocycles. The first-order valence-corrected chi connectivity index (χ1v) is 7.60. The molecular formula is C18H20ClNO2. The molecule has 0 heterocycles. The topological polar surface area (TPSA) is 29.5 Å². The van der Waals surface area contributed by atoms with Gasteiger partial charge in [0.1, 0.15) is 12.4 Å². The Morgan fingerprint density at radius 1 is 1.18 bits per heavy atom. The van der Waals surface area contributed by atoms with Crippen molar-refractivity contribution in [3.63, 3.8) is 0 Å². The van der Waals surface area contributed by atoms with E-state index >= 15 is 0 Å². The van der Waals surface area contributed by atoms with Crippen LogP contribution in [0.5, 0.6) is 5.75 Å². The zero-order valence-electron chi connectivity index (χ0n) is 12.9. The molecule has 0 unspecified atom stereocenters. The van der Waals surface area contributed by atoms with Crippen LogP contribution in [-0.2, 0) is 11.2 Å². The second-order valence-corrected chi connectivity index (χ2v) is 5.72.